The molecule has 0 radical (unpaired) electrons. The molecule has 1 heterocycles. The van der Waals surface area contributed by atoms with Crippen molar-refractivity contribution >= 4 is 11.6 Å². The number of hydrogen-bond donors (Lipinski definition) is 1. The summed E-state index contributed by atoms with van der Waals surface area (Å²) >= 11 is 5.94. The van der Waals surface area contributed by atoms with Crippen LogP contribution in [0, 0.1) is 0 Å². The van der Waals surface area contributed by atoms with E-state index < -0.39 is 0 Å². The topological polar surface area (TPSA) is 21.3 Å². The van der Waals surface area contributed by atoms with Gasteiger partial charge in [0.2, 0.25) is 0 Å². The van der Waals surface area contributed by atoms with Gasteiger partial charge in [-0.05, 0) is 37.6 Å². The van der Waals surface area contributed by atoms with E-state index in [-0.39, 0.29) is 6.10 Å². The minimum Gasteiger partial charge on any atom is -0.369 e. The predicted octanol–water partition coefficient (Wildman–Crippen LogP) is 2.78. The number of nitrogens with one attached hydrogen (secondary N) is 1. The van der Waals surface area contributed by atoms with Gasteiger partial charge in [-0.15, -0.1) is 0 Å². The molecule has 0 unspecified atom stereocenters. The Morgan fingerprint density at radius 1 is 1.53 bits per heavy atom. The Morgan fingerprint density at radius 3 is 3.07 bits per heavy atom. The molecule has 1 aromatic carbocycles. The van der Waals surface area contributed by atoms with Crippen molar-refractivity contribution in [3.63, 3.8) is 0 Å². The Balaban J connectivity index is 1.97. The Morgan fingerprint density at radius 2 is 2.40 bits per heavy atom. The van der Waals surface area contributed by atoms with E-state index in [1.54, 1.807) is 0 Å². The van der Waals surface area contributed by atoms with Gasteiger partial charge in [-0.25, -0.2) is 0 Å². The van der Waals surface area contributed by atoms with E-state index in [2.05, 4.69) is 18.3 Å². The molecule has 1 aliphatic rings. The van der Waals surface area contributed by atoms with Crippen molar-refractivity contribution in [2.24, 2.45) is 0 Å². The predicted molar refractivity (Wildman–Crippen MR) is 62.2 cm³/mol. The van der Waals surface area contributed by atoms with Crippen molar-refractivity contribution in [1.29, 1.82) is 0 Å². The van der Waals surface area contributed by atoms with Crippen LogP contribution < -0.4 is 5.32 Å². The van der Waals surface area contributed by atoms with Gasteiger partial charge < -0.3 is 10.1 Å². The summed E-state index contributed by atoms with van der Waals surface area (Å²) in [6.45, 7) is 4.10. The normalized spacial score (nSPS) is 22.9. The number of hydrogen-bond acceptors (Lipinski definition) is 2. The number of rotatable bonds is 3. The highest BCUT2D eigenvalue weighted by molar-refractivity contribution is 6.30. The maximum absolute atomic E-state index is 5.94. The summed E-state index contributed by atoms with van der Waals surface area (Å²) in [5, 5.41) is 4.06. The zero-order valence-corrected chi connectivity index (χ0v) is 9.63. The van der Waals surface area contributed by atoms with E-state index in [9.17, 15) is 0 Å². The highest BCUT2D eigenvalue weighted by Crippen LogP contribution is 2.22. The molecule has 0 bridgehead atoms. The van der Waals surface area contributed by atoms with E-state index in [4.69, 9.17) is 16.3 Å². The van der Waals surface area contributed by atoms with Crippen LogP contribution in [0.15, 0.2) is 24.3 Å². The highest BCUT2D eigenvalue weighted by Gasteiger charge is 2.18. The summed E-state index contributed by atoms with van der Waals surface area (Å²) < 4.78 is 5.93. The zero-order chi connectivity index (χ0) is 10.7. The van der Waals surface area contributed by atoms with E-state index >= 15 is 0 Å². The van der Waals surface area contributed by atoms with Crippen LogP contribution in [0.4, 0.5) is 0 Å². The van der Waals surface area contributed by atoms with Gasteiger partial charge in [0.15, 0.2) is 0 Å². The van der Waals surface area contributed by atoms with Crippen LogP contribution in [0.3, 0.4) is 0 Å². The average Bonchev–Trinajstić information content (AvgIpc) is 2.70. The third kappa shape index (κ3) is 2.94. The van der Waals surface area contributed by atoms with Crippen LogP contribution in [-0.2, 0) is 4.74 Å². The van der Waals surface area contributed by atoms with Gasteiger partial charge in [-0.3, -0.25) is 0 Å². The van der Waals surface area contributed by atoms with Crippen LogP contribution >= 0.6 is 11.6 Å². The lowest BCUT2D eigenvalue weighted by molar-refractivity contribution is 0.00829. The van der Waals surface area contributed by atoms with Crippen molar-refractivity contribution in [2.75, 3.05) is 13.1 Å². The van der Waals surface area contributed by atoms with Crippen LogP contribution in [0.1, 0.15) is 25.0 Å². The molecule has 0 aliphatic carbocycles. The number of benzene rings is 1. The van der Waals surface area contributed by atoms with Gasteiger partial charge in [-0.2, -0.15) is 0 Å². The van der Waals surface area contributed by atoms with Crippen molar-refractivity contribution in [3.8, 4) is 0 Å². The van der Waals surface area contributed by atoms with Crippen molar-refractivity contribution in [3.05, 3.63) is 34.9 Å². The maximum atomic E-state index is 5.94. The first-order valence-corrected chi connectivity index (χ1v) is 5.75. The van der Waals surface area contributed by atoms with E-state index in [0.29, 0.717) is 6.10 Å². The van der Waals surface area contributed by atoms with Gasteiger partial charge in [0.25, 0.3) is 0 Å². The molecule has 0 saturated carbocycles. The number of halogens is 1. The maximum Gasteiger partial charge on any atom is 0.0801 e. The molecule has 2 nitrogen and oxygen atoms in total. The molecule has 2 atom stereocenters. The fourth-order valence-corrected chi connectivity index (χ4v) is 2.07. The molecular weight excluding hydrogens is 210 g/mol. The van der Waals surface area contributed by atoms with Gasteiger partial charge in [-0.1, -0.05) is 23.7 Å². The summed E-state index contributed by atoms with van der Waals surface area (Å²) in [7, 11) is 0. The monoisotopic (exact) mass is 225 g/mol. The third-order valence-corrected chi connectivity index (χ3v) is 2.96. The molecule has 0 amide bonds. The minimum absolute atomic E-state index is 0.119. The molecule has 0 aromatic heterocycles. The van der Waals surface area contributed by atoms with E-state index in [1.807, 2.05) is 18.2 Å². The lowest BCUT2D eigenvalue weighted by Gasteiger charge is -2.18. The van der Waals surface area contributed by atoms with Gasteiger partial charge in [0, 0.05) is 11.6 Å². The summed E-state index contributed by atoms with van der Waals surface area (Å²) in [6, 6.07) is 7.87. The fourth-order valence-electron chi connectivity index (χ4n) is 1.87. The quantitative estimate of drug-likeness (QED) is 0.854. The van der Waals surface area contributed by atoms with Crippen LogP contribution in [0.2, 0.25) is 5.02 Å². The number of ether oxygens (including phenoxy) is 1. The van der Waals surface area contributed by atoms with Crippen LogP contribution in [-0.4, -0.2) is 19.2 Å². The van der Waals surface area contributed by atoms with E-state index in [0.717, 1.165) is 30.1 Å². The van der Waals surface area contributed by atoms with Crippen LogP contribution in [0.5, 0.6) is 0 Å². The minimum atomic E-state index is 0.119. The first-order valence-electron chi connectivity index (χ1n) is 5.37. The Labute approximate surface area is 95.6 Å². The molecule has 1 aliphatic heterocycles. The molecule has 0 spiro atoms. The summed E-state index contributed by atoms with van der Waals surface area (Å²) in [5.41, 5.74) is 1.15. The second-order valence-electron chi connectivity index (χ2n) is 3.95. The fraction of sp³-hybridized carbons (Fsp3) is 0.500. The third-order valence-electron chi connectivity index (χ3n) is 2.73. The second kappa shape index (κ2) is 4.97. The first kappa shape index (κ1) is 10.9. The lowest BCUT2D eigenvalue weighted by atomic mass is 10.1. The highest BCUT2D eigenvalue weighted by atomic mass is 35.5. The molecule has 82 valence electrons. The molecule has 1 aromatic rings. The molecule has 3 heteroatoms. The molecule has 1 saturated heterocycles. The van der Waals surface area contributed by atoms with Crippen molar-refractivity contribution < 1.29 is 4.74 Å². The largest absolute Gasteiger partial charge is 0.369 e. The van der Waals surface area contributed by atoms with E-state index in [1.165, 1.54) is 0 Å². The molecule has 15 heavy (non-hydrogen) atoms. The standard InChI is InChI=1S/C12H16ClNO/c1-9(15-12-5-6-14-8-12)10-3-2-4-11(13)7-10/h2-4,7,9,12,14H,5-6,8H2,1H3/t9-,12-/m0/s1. The van der Waals surface area contributed by atoms with Gasteiger partial charge >= 0.3 is 0 Å². The lowest BCUT2D eigenvalue weighted by Crippen LogP contribution is -2.18. The zero-order valence-electron chi connectivity index (χ0n) is 8.87. The Bertz CT molecular complexity index is 323. The first-order chi connectivity index (χ1) is 7.25. The Kier molecular flexibility index (Phi) is 3.62. The Hall–Kier alpha value is -0.570. The van der Waals surface area contributed by atoms with Crippen molar-refractivity contribution in [1.82, 2.24) is 5.32 Å². The second-order valence-corrected chi connectivity index (χ2v) is 4.38. The smallest absolute Gasteiger partial charge is 0.0801 e. The molecule has 1 N–H and O–H groups in total. The van der Waals surface area contributed by atoms with Gasteiger partial charge in [0.1, 0.15) is 0 Å². The van der Waals surface area contributed by atoms with Gasteiger partial charge in [0.05, 0.1) is 12.2 Å². The van der Waals surface area contributed by atoms with Crippen molar-refractivity contribution in [2.45, 2.75) is 25.6 Å². The molecular formula is C12H16ClNO. The SMILES string of the molecule is C[C@H](O[C@H]1CCNC1)c1cccc(Cl)c1. The summed E-state index contributed by atoms with van der Waals surface area (Å²) in [5.74, 6) is 0. The summed E-state index contributed by atoms with van der Waals surface area (Å²) in [6.07, 6.45) is 1.57. The summed E-state index contributed by atoms with van der Waals surface area (Å²) in [4.78, 5) is 0. The molecule has 1 fully saturated rings. The average molecular weight is 226 g/mol. The molecule has 2 rings (SSSR count). The van der Waals surface area contributed by atoms with Crippen LogP contribution in [0.25, 0.3) is 0 Å².